The second-order valence-electron chi connectivity index (χ2n) is 5.18. The SMILES string of the molecule is CCCC(N)CC(=O)N1CCC(C)(C(=O)O)C1. The Morgan fingerprint density at radius 2 is 2.18 bits per heavy atom. The molecule has 0 aliphatic carbocycles. The largest absolute Gasteiger partial charge is 0.481 e. The van der Waals surface area contributed by atoms with Crippen molar-refractivity contribution in [3.8, 4) is 0 Å². The van der Waals surface area contributed by atoms with E-state index in [-0.39, 0.29) is 11.9 Å². The van der Waals surface area contributed by atoms with E-state index < -0.39 is 11.4 Å². The molecular formula is C12H22N2O3. The summed E-state index contributed by atoms with van der Waals surface area (Å²) in [5, 5.41) is 9.08. The van der Waals surface area contributed by atoms with Gasteiger partial charge in [0.1, 0.15) is 0 Å². The van der Waals surface area contributed by atoms with Crippen LogP contribution in [0.3, 0.4) is 0 Å². The van der Waals surface area contributed by atoms with Gasteiger partial charge in [-0.15, -0.1) is 0 Å². The molecular weight excluding hydrogens is 220 g/mol. The summed E-state index contributed by atoms with van der Waals surface area (Å²) >= 11 is 0. The van der Waals surface area contributed by atoms with Crippen molar-refractivity contribution in [2.45, 2.75) is 45.6 Å². The van der Waals surface area contributed by atoms with E-state index in [1.807, 2.05) is 6.92 Å². The van der Waals surface area contributed by atoms with Gasteiger partial charge >= 0.3 is 5.97 Å². The van der Waals surface area contributed by atoms with E-state index in [1.165, 1.54) is 0 Å². The number of amides is 1. The van der Waals surface area contributed by atoms with Gasteiger partial charge in [0.05, 0.1) is 5.41 Å². The number of rotatable bonds is 5. The van der Waals surface area contributed by atoms with Crippen molar-refractivity contribution in [3.05, 3.63) is 0 Å². The standard InChI is InChI=1S/C12H22N2O3/c1-3-4-9(13)7-10(15)14-6-5-12(2,8-14)11(16)17/h9H,3-8,13H2,1-2H3,(H,16,17). The first-order chi connectivity index (χ1) is 7.89. The molecule has 5 nitrogen and oxygen atoms in total. The maximum Gasteiger partial charge on any atom is 0.311 e. The Bertz CT molecular complexity index is 306. The molecule has 0 bridgehead atoms. The summed E-state index contributed by atoms with van der Waals surface area (Å²) in [6, 6.07) is -0.107. The predicted octanol–water partition coefficient (Wildman–Crippen LogP) is 0.827. The third kappa shape index (κ3) is 3.43. The molecule has 3 N–H and O–H groups in total. The van der Waals surface area contributed by atoms with Gasteiger partial charge in [0.15, 0.2) is 0 Å². The Kier molecular flexibility index (Phi) is 4.51. The molecule has 0 saturated carbocycles. The third-order valence-corrected chi connectivity index (χ3v) is 3.44. The molecule has 0 radical (unpaired) electrons. The average molecular weight is 242 g/mol. The van der Waals surface area contributed by atoms with Gasteiger partial charge in [0.25, 0.3) is 0 Å². The lowest BCUT2D eigenvalue weighted by molar-refractivity contribution is -0.147. The van der Waals surface area contributed by atoms with Crippen LogP contribution in [-0.2, 0) is 9.59 Å². The highest BCUT2D eigenvalue weighted by molar-refractivity contribution is 5.80. The second-order valence-corrected chi connectivity index (χ2v) is 5.18. The van der Waals surface area contributed by atoms with Crippen LogP contribution in [0.25, 0.3) is 0 Å². The minimum Gasteiger partial charge on any atom is -0.481 e. The van der Waals surface area contributed by atoms with Crippen LogP contribution >= 0.6 is 0 Å². The van der Waals surface area contributed by atoms with Gasteiger partial charge in [0, 0.05) is 25.6 Å². The molecule has 1 aliphatic rings. The fourth-order valence-corrected chi connectivity index (χ4v) is 2.17. The number of nitrogens with zero attached hydrogens (tertiary/aromatic N) is 1. The Hall–Kier alpha value is -1.10. The van der Waals surface area contributed by atoms with Gasteiger partial charge in [-0.25, -0.2) is 0 Å². The molecule has 1 amide bonds. The quantitative estimate of drug-likeness (QED) is 0.748. The summed E-state index contributed by atoms with van der Waals surface area (Å²) < 4.78 is 0. The molecule has 5 heteroatoms. The Morgan fingerprint density at radius 3 is 2.65 bits per heavy atom. The van der Waals surface area contributed by atoms with Crippen molar-refractivity contribution in [3.63, 3.8) is 0 Å². The molecule has 1 heterocycles. The van der Waals surface area contributed by atoms with E-state index in [9.17, 15) is 9.59 Å². The third-order valence-electron chi connectivity index (χ3n) is 3.44. The smallest absolute Gasteiger partial charge is 0.311 e. The highest BCUT2D eigenvalue weighted by atomic mass is 16.4. The van der Waals surface area contributed by atoms with Gasteiger partial charge in [-0.2, -0.15) is 0 Å². The number of hydrogen-bond acceptors (Lipinski definition) is 3. The predicted molar refractivity (Wildman–Crippen MR) is 64.4 cm³/mol. The van der Waals surface area contributed by atoms with Crippen molar-refractivity contribution in [1.29, 1.82) is 0 Å². The Balaban J connectivity index is 2.48. The van der Waals surface area contributed by atoms with Crippen LogP contribution in [-0.4, -0.2) is 41.0 Å². The first-order valence-corrected chi connectivity index (χ1v) is 6.16. The van der Waals surface area contributed by atoms with Crippen LogP contribution < -0.4 is 5.73 Å². The number of carboxylic acid groups (broad SMARTS) is 1. The maximum absolute atomic E-state index is 11.9. The number of aliphatic carboxylic acids is 1. The first kappa shape index (κ1) is 14.0. The molecule has 0 spiro atoms. The number of carboxylic acids is 1. The van der Waals surface area contributed by atoms with E-state index >= 15 is 0 Å². The summed E-state index contributed by atoms with van der Waals surface area (Å²) in [5.41, 5.74) is 5.03. The van der Waals surface area contributed by atoms with E-state index in [0.717, 1.165) is 12.8 Å². The number of hydrogen-bond donors (Lipinski definition) is 2. The maximum atomic E-state index is 11.9. The van der Waals surface area contributed by atoms with E-state index in [1.54, 1.807) is 11.8 Å². The molecule has 1 fully saturated rings. The zero-order chi connectivity index (χ0) is 13.1. The summed E-state index contributed by atoms with van der Waals surface area (Å²) in [7, 11) is 0. The molecule has 2 atom stereocenters. The van der Waals surface area contributed by atoms with Gasteiger partial charge in [-0.05, 0) is 19.8 Å². The fourth-order valence-electron chi connectivity index (χ4n) is 2.17. The van der Waals surface area contributed by atoms with Crippen molar-refractivity contribution in [2.75, 3.05) is 13.1 Å². The summed E-state index contributed by atoms with van der Waals surface area (Å²) in [6.07, 6.45) is 2.64. The monoisotopic (exact) mass is 242 g/mol. The summed E-state index contributed by atoms with van der Waals surface area (Å²) in [5.74, 6) is -0.846. The minimum absolute atomic E-state index is 0.0177. The zero-order valence-corrected chi connectivity index (χ0v) is 10.6. The van der Waals surface area contributed by atoms with Crippen LogP contribution in [0.2, 0.25) is 0 Å². The topological polar surface area (TPSA) is 83.6 Å². The fraction of sp³-hybridized carbons (Fsp3) is 0.833. The van der Waals surface area contributed by atoms with Crippen LogP contribution in [0, 0.1) is 5.41 Å². The van der Waals surface area contributed by atoms with Crippen molar-refractivity contribution in [1.82, 2.24) is 4.90 Å². The molecule has 1 aliphatic heterocycles. The lowest BCUT2D eigenvalue weighted by atomic mass is 9.90. The van der Waals surface area contributed by atoms with Gasteiger partial charge in [-0.1, -0.05) is 13.3 Å². The van der Waals surface area contributed by atoms with E-state index in [4.69, 9.17) is 10.8 Å². The van der Waals surface area contributed by atoms with Gasteiger partial charge in [0.2, 0.25) is 5.91 Å². The summed E-state index contributed by atoms with van der Waals surface area (Å²) in [4.78, 5) is 24.6. The van der Waals surface area contributed by atoms with Crippen LogP contribution in [0.1, 0.15) is 39.5 Å². The van der Waals surface area contributed by atoms with Gasteiger partial charge < -0.3 is 15.7 Å². The molecule has 0 aromatic rings. The molecule has 1 saturated heterocycles. The lowest BCUT2D eigenvalue weighted by Crippen LogP contribution is -2.37. The van der Waals surface area contributed by atoms with Crippen molar-refractivity contribution in [2.24, 2.45) is 11.1 Å². The minimum atomic E-state index is -0.828. The number of likely N-dealkylation sites (tertiary alicyclic amines) is 1. The number of carbonyl (C=O) groups is 2. The lowest BCUT2D eigenvalue weighted by Gasteiger charge is -2.21. The molecule has 17 heavy (non-hydrogen) atoms. The molecule has 2 unspecified atom stereocenters. The first-order valence-electron chi connectivity index (χ1n) is 6.16. The number of carbonyl (C=O) groups excluding carboxylic acids is 1. The Morgan fingerprint density at radius 1 is 1.53 bits per heavy atom. The molecule has 1 rings (SSSR count). The molecule has 0 aromatic heterocycles. The van der Waals surface area contributed by atoms with Crippen molar-refractivity contribution >= 4 is 11.9 Å². The summed E-state index contributed by atoms with van der Waals surface area (Å²) in [6.45, 7) is 4.55. The average Bonchev–Trinajstić information content (AvgIpc) is 2.62. The highest BCUT2D eigenvalue weighted by Crippen LogP contribution is 2.30. The second kappa shape index (κ2) is 5.49. The van der Waals surface area contributed by atoms with E-state index in [2.05, 4.69) is 0 Å². The van der Waals surface area contributed by atoms with Gasteiger partial charge in [-0.3, -0.25) is 9.59 Å². The Labute approximate surface area is 102 Å². The highest BCUT2D eigenvalue weighted by Gasteiger charge is 2.42. The van der Waals surface area contributed by atoms with Crippen LogP contribution in [0.15, 0.2) is 0 Å². The zero-order valence-electron chi connectivity index (χ0n) is 10.6. The molecule has 0 aromatic carbocycles. The van der Waals surface area contributed by atoms with Crippen molar-refractivity contribution < 1.29 is 14.7 Å². The normalized spacial score (nSPS) is 25.9. The number of nitrogens with two attached hydrogens (primary N) is 1. The van der Waals surface area contributed by atoms with Crippen LogP contribution in [0.5, 0.6) is 0 Å². The molecule has 98 valence electrons. The van der Waals surface area contributed by atoms with E-state index in [0.29, 0.717) is 25.9 Å². The van der Waals surface area contributed by atoms with Crippen LogP contribution in [0.4, 0.5) is 0 Å².